The van der Waals surface area contributed by atoms with E-state index in [2.05, 4.69) is 6.92 Å². The first-order chi connectivity index (χ1) is 6.93. The zero-order valence-electron chi connectivity index (χ0n) is 9.80. The maximum Gasteiger partial charge on any atom is -0.0170 e. The second-order valence-corrected chi connectivity index (χ2v) is 6.29. The fraction of sp³-hybridized carbons (Fsp3) is 1.00. The number of rotatable bonds is 2. The van der Waals surface area contributed by atoms with Crippen LogP contribution in [0.2, 0.25) is 0 Å². The Morgan fingerprint density at radius 1 is 0.786 bits per heavy atom. The highest BCUT2D eigenvalue weighted by Crippen LogP contribution is 2.29. The molecular weight excluding hydrogens is 187 g/mol. The topological polar surface area (TPSA) is 0 Å². The van der Waals surface area contributed by atoms with E-state index in [-0.39, 0.29) is 0 Å². The van der Waals surface area contributed by atoms with Gasteiger partial charge in [0.2, 0.25) is 0 Å². The molecule has 1 fully saturated rings. The molecule has 0 aliphatic heterocycles. The van der Waals surface area contributed by atoms with Gasteiger partial charge in [-0.25, -0.2) is 0 Å². The molecule has 1 aliphatic rings. The van der Waals surface area contributed by atoms with Crippen molar-refractivity contribution in [2.45, 2.75) is 76.8 Å². The number of hydrogen-bond donors (Lipinski definition) is 0. The molecule has 0 bridgehead atoms. The summed E-state index contributed by atoms with van der Waals surface area (Å²) in [6, 6.07) is 0. The molecule has 0 amide bonds. The molecule has 83 valence electrons. The summed E-state index contributed by atoms with van der Waals surface area (Å²) in [6.07, 6.45) is 16.4. The summed E-state index contributed by atoms with van der Waals surface area (Å²) >= 11 is 0. The van der Waals surface area contributed by atoms with Crippen LogP contribution in [-0.2, 0) is 0 Å². The smallest absolute Gasteiger partial charge is 0.0170 e. The van der Waals surface area contributed by atoms with Crippen molar-refractivity contribution < 1.29 is 0 Å². The first-order valence-corrected chi connectivity index (χ1v) is 7.75. The van der Waals surface area contributed by atoms with Gasteiger partial charge in [0.25, 0.3) is 0 Å². The molecule has 0 unspecified atom stereocenters. The summed E-state index contributed by atoms with van der Waals surface area (Å²) in [5.41, 5.74) is 1.04. The minimum Gasteiger partial charge on any atom is -0.0778 e. The Hall–Kier alpha value is 0.430. The van der Waals surface area contributed by atoms with E-state index in [9.17, 15) is 0 Å². The van der Waals surface area contributed by atoms with Gasteiger partial charge in [-0.05, 0) is 24.7 Å². The van der Waals surface area contributed by atoms with Crippen molar-refractivity contribution in [2.24, 2.45) is 0 Å². The Bertz CT molecular complexity index is 110. The van der Waals surface area contributed by atoms with Gasteiger partial charge in [0, 0.05) is 0 Å². The predicted molar refractivity (Wildman–Crippen MR) is 67.4 cm³/mol. The molecule has 1 aliphatic carbocycles. The van der Waals surface area contributed by atoms with Crippen LogP contribution < -0.4 is 0 Å². The highest BCUT2D eigenvalue weighted by molar-refractivity contribution is 7.38. The molecule has 0 aromatic carbocycles. The molecule has 0 nitrogen and oxygen atoms in total. The van der Waals surface area contributed by atoms with Crippen molar-refractivity contribution in [1.29, 1.82) is 0 Å². The summed E-state index contributed by atoms with van der Waals surface area (Å²) in [7, 11) is 1.72. The average Bonchev–Trinajstić information content (AvgIpc) is 2.24. The molecular formula is C13H26P. The molecule has 1 saturated carbocycles. The van der Waals surface area contributed by atoms with Crippen LogP contribution in [0.5, 0.6) is 0 Å². The van der Waals surface area contributed by atoms with Gasteiger partial charge in [0.05, 0.1) is 0 Å². The molecule has 0 atom stereocenters. The molecule has 0 aromatic heterocycles. The van der Waals surface area contributed by atoms with Gasteiger partial charge in [-0.3, -0.25) is 0 Å². The first kappa shape index (κ1) is 12.5. The Labute approximate surface area is 92.0 Å². The van der Waals surface area contributed by atoms with E-state index >= 15 is 0 Å². The zero-order valence-corrected chi connectivity index (χ0v) is 10.7. The van der Waals surface area contributed by atoms with Gasteiger partial charge in [0.1, 0.15) is 0 Å². The summed E-state index contributed by atoms with van der Waals surface area (Å²) in [5, 5.41) is 0. The lowest BCUT2D eigenvalue weighted by Crippen LogP contribution is -2.01. The Balaban J connectivity index is 2.20. The molecule has 0 aromatic rings. The van der Waals surface area contributed by atoms with Gasteiger partial charge in [-0.15, -0.1) is 0 Å². The van der Waals surface area contributed by atoms with Crippen molar-refractivity contribution in [3.05, 3.63) is 0 Å². The zero-order chi connectivity index (χ0) is 10.1. The lowest BCUT2D eigenvalue weighted by atomic mass is 10.1. The van der Waals surface area contributed by atoms with E-state index in [0.717, 1.165) is 5.66 Å². The minimum absolute atomic E-state index is 1.04. The van der Waals surface area contributed by atoms with Gasteiger partial charge < -0.3 is 0 Å². The largest absolute Gasteiger partial charge is 0.0778 e. The number of hydrogen-bond acceptors (Lipinski definition) is 0. The van der Waals surface area contributed by atoms with E-state index < -0.39 is 0 Å². The van der Waals surface area contributed by atoms with Crippen molar-refractivity contribution in [2.75, 3.05) is 6.16 Å². The SMILES string of the molecule is CC[P]C1CCCCCCCCCC1. The lowest BCUT2D eigenvalue weighted by Gasteiger charge is -2.14. The van der Waals surface area contributed by atoms with E-state index in [0.29, 0.717) is 0 Å². The third-order valence-electron chi connectivity index (χ3n) is 3.27. The fourth-order valence-corrected chi connectivity index (χ4v) is 3.65. The van der Waals surface area contributed by atoms with Gasteiger partial charge in [-0.2, -0.15) is 0 Å². The first-order valence-electron chi connectivity index (χ1n) is 6.60. The van der Waals surface area contributed by atoms with Gasteiger partial charge in [0.15, 0.2) is 0 Å². The molecule has 0 N–H and O–H groups in total. The third-order valence-corrected chi connectivity index (χ3v) is 4.66. The summed E-state index contributed by atoms with van der Waals surface area (Å²) in [4.78, 5) is 0. The van der Waals surface area contributed by atoms with Crippen LogP contribution in [0.3, 0.4) is 0 Å². The average molecular weight is 213 g/mol. The molecule has 0 spiro atoms. The monoisotopic (exact) mass is 213 g/mol. The molecule has 1 heteroatoms. The van der Waals surface area contributed by atoms with E-state index in [1.807, 2.05) is 0 Å². The van der Waals surface area contributed by atoms with Crippen LogP contribution in [-0.4, -0.2) is 11.8 Å². The molecule has 1 rings (SSSR count). The maximum absolute atomic E-state index is 2.33. The summed E-state index contributed by atoms with van der Waals surface area (Å²) in [6.45, 7) is 2.33. The highest BCUT2D eigenvalue weighted by Gasteiger charge is 2.08. The van der Waals surface area contributed by atoms with Crippen LogP contribution in [0.25, 0.3) is 0 Å². The maximum atomic E-state index is 2.33. The quantitative estimate of drug-likeness (QED) is 0.550. The van der Waals surface area contributed by atoms with Crippen LogP contribution in [0.1, 0.15) is 71.1 Å². The molecule has 14 heavy (non-hydrogen) atoms. The minimum atomic E-state index is 1.04. The van der Waals surface area contributed by atoms with Crippen molar-refractivity contribution >= 4 is 8.58 Å². The second kappa shape index (κ2) is 8.72. The standard InChI is InChI=1S/C13H26P/c1-2-14-13-11-9-7-5-3-4-6-8-10-12-13/h13H,2-12H2,1H3. The van der Waals surface area contributed by atoms with Gasteiger partial charge in [-0.1, -0.05) is 66.9 Å². The fourth-order valence-electron chi connectivity index (χ4n) is 2.41. The van der Waals surface area contributed by atoms with Crippen molar-refractivity contribution in [3.8, 4) is 0 Å². The van der Waals surface area contributed by atoms with Gasteiger partial charge >= 0.3 is 0 Å². The Kier molecular flexibility index (Phi) is 7.78. The van der Waals surface area contributed by atoms with Crippen LogP contribution in [0.15, 0.2) is 0 Å². The van der Waals surface area contributed by atoms with Crippen LogP contribution in [0, 0.1) is 0 Å². The Morgan fingerprint density at radius 2 is 1.21 bits per heavy atom. The normalized spacial score (nSPS) is 23.8. The summed E-state index contributed by atoms with van der Waals surface area (Å²) in [5.74, 6) is 0. The summed E-state index contributed by atoms with van der Waals surface area (Å²) < 4.78 is 0. The lowest BCUT2D eigenvalue weighted by molar-refractivity contribution is 0.585. The molecule has 1 radical (unpaired) electrons. The third kappa shape index (κ3) is 6.02. The Morgan fingerprint density at radius 3 is 1.64 bits per heavy atom. The van der Waals surface area contributed by atoms with E-state index in [1.165, 1.54) is 70.4 Å². The highest BCUT2D eigenvalue weighted by atomic mass is 31.1. The second-order valence-electron chi connectivity index (χ2n) is 4.56. The van der Waals surface area contributed by atoms with E-state index in [4.69, 9.17) is 0 Å². The predicted octanol–water partition coefficient (Wildman–Crippen LogP) is 5.24. The van der Waals surface area contributed by atoms with E-state index in [1.54, 1.807) is 8.58 Å². The van der Waals surface area contributed by atoms with Crippen molar-refractivity contribution in [1.82, 2.24) is 0 Å². The molecule has 0 saturated heterocycles. The van der Waals surface area contributed by atoms with Crippen molar-refractivity contribution in [3.63, 3.8) is 0 Å². The molecule has 0 heterocycles. The van der Waals surface area contributed by atoms with Crippen LogP contribution in [0.4, 0.5) is 0 Å². The van der Waals surface area contributed by atoms with Crippen LogP contribution >= 0.6 is 8.58 Å².